The van der Waals surface area contributed by atoms with Crippen molar-refractivity contribution in [2.24, 2.45) is 0 Å². The van der Waals surface area contributed by atoms with Gasteiger partial charge in [-0.2, -0.15) is 8.78 Å². The van der Waals surface area contributed by atoms with Crippen LogP contribution in [0.15, 0.2) is 54.7 Å². The molecule has 0 radical (unpaired) electrons. The van der Waals surface area contributed by atoms with E-state index >= 15 is 0 Å². The maximum absolute atomic E-state index is 12.9. The molecule has 3 aromatic rings. The second-order valence-corrected chi connectivity index (χ2v) is 6.91. The molecular weight excluding hydrogens is 410 g/mol. The Balaban J connectivity index is 1.53. The molecule has 0 unspecified atom stereocenters. The van der Waals surface area contributed by atoms with Crippen molar-refractivity contribution in [3.05, 3.63) is 70.4 Å². The monoisotopic (exact) mass is 428 g/mol. The number of para-hydroxylation sites is 1. The molecule has 8 nitrogen and oxygen atoms in total. The zero-order valence-electron chi connectivity index (χ0n) is 16.3. The van der Waals surface area contributed by atoms with Crippen LogP contribution < -0.4 is 9.64 Å². The Morgan fingerprint density at radius 1 is 1.06 bits per heavy atom. The Kier molecular flexibility index (Phi) is 5.61. The number of halogens is 2. The standard InChI is InChI=1S/C21H18F2N4O4/c22-21(23)31-18-6-2-1-4-15(18)20(28)26-12-10-25(11-13-26)17-8-7-16(27(29)30)14-5-3-9-24-19(14)17/h1-9,21H,10-13H2. The average molecular weight is 428 g/mol. The van der Waals surface area contributed by atoms with Gasteiger partial charge in [0.1, 0.15) is 11.3 Å². The van der Waals surface area contributed by atoms with Crippen LogP contribution in [0.3, 0.4) is 0 Å². The lowest BCUT2D eigenvalue weighted by Crippen LogP contribution is -2.49. The molecule has 0 atom stereocenters. The first-order valence-electron chi connectivity index (χ1n) is 9.56. The van der Waals surface area contributed by atoms with E-state index in [1.54, 1.807) is 35.4 Å². The predicted molar refractivity (Wildman–Crippen MR) is 110 cm³/mol. The number of hydrogen-bond acceptors (Lipinski definition) is 6. The number of carbonyl (C=O) groups is 1. The van der Waals surface area contributed by atoms with Crippen LogP contribution in [0.5, 0.6) is 5.75 Å². The molecule has 4 rings (SSSR count). The summed E-state index contributed by atoms with van der Waals surface area (Å²) in [6, 6.07) is 12.3. The summed E-state index contributed by atoms with van der Waals surface area (Å²) >= 11 is 0. The van der Waals surface area contributed by atoms with E-state index in [2.05, 4.69) is 9.72 Å². The second-order valence-electron chi connectivity index (χ2n) is 6.91. The van der Waals surface area contributed by atoms with Gasteiger partial charge >= 0.3 is 6.61 Å². The Labute approximate surface area is 175 Å². The number of alkyl halides is 2. The number of nitro benzene ring substituents is 1. The van der Waals surface area contributed by atoms with E-state index in [4.69, 9.17) is 0 Å². The van der Waals surface area contributed by atoms with Gasteiger partial charge < -0.3 is 14.5 Å². The summed E-state index contributed by atoms with van der Waals surface area (Å²) in [5.74, 6) is -0.543. The van der Waals surface area contributed by atoms with E-state index in [1.165, 1.54) is 24.3 Å². The second kappa shape index (κ2) is 8.50. The molecule has 1 aromatic heterocycles. The summed E-state index contributed by atoms with van der Waals surface area (Å²) in [6.45, 7) is -1.38. The minimum absolute atomic E-state index is 0.0173. The molecule has 1 aliphatic heterocycles. The number of carbonyl (C=O) groups excluding carboxylic acids is 1. The third-order valence-corrected chi connectivity index (χ3v) is 5.16. The van der Waals surface area contributed by atoms with Crippen molar-refractivity contribution >= 4 is 28.2 Å². The fourth-order valence-corrected chi connectivity index (χ4v) is 3.72. The van der Waals surface area contributed by atoms with Crippen molar-refractivity contribution in [3.8, 4) is 5.75 Å². The van der Waals surface area contributed by atoms with Crippen molar-refractivity contribution in [2.45, 2.75) is 6.61 Å². The van der Waals surface area contributed by atoms with Gasteiger partial charge in [0.05, 0.1) is 21.6 Å². The Bertz CT molecular complexity index is 1130. The quantitative estimate of drug-likeness (QED) is 0.455. The van der Waals surface area contributed by atoms with Crippen molar-refractivity contribution in [1.29, 1.82) is 0 Å². The summed E-state index contributed by atoms with van der Waals surface area (Å²) in [5.41, 5.74) is 1.33. The number of amides is 1. The smallest absolute Gasteiger partial charge is 0.387 e. The Morgan fingerprint density at radius 2 is 1.81 bits per heavy atom. The van der Waals surface area contributed by atoms with E-state index < -0.39 is 11.5 Å². The number of hydrogen-bond donors (Lipinski definition) is 0. The molecule has 31 heavy (non-hydrogen) atoms. The summed E-state index contributed by atoms with van der Waals surface area (Å²) in [5, 5.41) is 11.8. The molecule has 2 aromatic carbocycles. The minimum atomic E-state index is -3.02. The molecule has 0 spiro atoms. The van der Waals surface area contributed by atoms with Crippen LogP contribution in [0.25, 0.3) is 10.9 Å². The number of nitrogens with zero attached hydrogens (tertiary/aromatic N) is 4. The average Bonchev–Trinajstić information content (AvgIpc) is 2.78. The summed E-state index contributed by atoms with van der Waals surface area (Å²) in [6.07, 6.45) is 1.58. The molecule has 2 heterocycles. The molecule has 1 amide bonds. The number of rotatable bonds is 5. The number of fused-ring (bicyclic) bond motifs is 1. The van der Waals surface area contributed by atoms with Gasteiger partial charge in [0, 0.05) is 38.4 Å². The zero-order valence-corrected chi connectivity index (χ0v) is 16.3. The van der Waals surface area contributed by atoms with Gasteiger partial charge in [0.2, 0.25) is 0 Å². The molecule has 1 saturated heterocycles. The highest BCUT2D eigenvalue weighted by Gasteiger charge is 2.27. The first-order chi connectivity index (χ1) is 15.0. The third kappa shape index (κ3) is 4.09. The largest absolute Gasteiger partial charge is 0.434 e. The zero-order chi connectivity index (χ0) is 22.0. The Hall–Kier alpha value is -3.82. The maximum atomic E-state index is 12.9. The van der Waals surface area contributed by atoms with Gasteiger partial charge in [-0.3, -0.25) is 19.9 Å². The van der Waals surface area contributed by atoms with Crippen LogP contribution in [0.4, 0.5) is 20.2 Å². The van der Waals surface area contributed by atoms with Gasteiger partial charge in [-0.15, -0.1) is 0 Å². The molecule has 10 heteroatoms. The summed E-state index contributed by atoms with van der Waals surface area (Å²) < 4.78 is 29.8. The maximum Gasteiger partial charge on any atom is 0.387 e. The van der Waals surface area contributed by atoms with Crippen molar-refractivity contribution < 1.29 is 23.2 Å². The van der Waals surface area contributed by atoms with Crippen LogP contribution in [0.1, 0.15) is 10.4 Å². The van der Waals surface area contributed by atoms with Gasteiger partial charge in [-0.25, -0.2) is 0 Å². The van der Waals surface area contributed by atoms with E-state index in [0.717, 1.165) is 5.69 Å². The fraction of sp³-hybridized carbons (Fsp3) is 0.238. The summed E-state index contributed by atoms with van der Waals surface area (Å²) in [4.78, 5) is 31.6. The number of nitro groups is 1. The number of benzene rings is 2. The van der Waals surface area contributed by atoms with Crippen LogP contribution in [-0.2, 0) is 0 Å². The number of piperazine rings is 1. The van der Waals surface area contributed by atoms with E-state index in [-0.39, 0.29) is 22.9 Å². The van der Waals surface area contributed by atoms with Crippen LogP contribution in [0, 0.1) is 10.1 Å². The van der Waals surface area contributed by atoms with Crippen LogP contribution >= 0.6 is 0 Å². The van der Waals surface area contributed by atoms with Crippen molar-refractivity contribution in [2.75, 3.05) is 31.1 Å². The highest BCUT2D eigenvalue weighted by atomic mass is 19.3. The normalized spacial score (nSPS) is 14.2. The minimum Gasteiger partial charge on any atom is -0.434 e. The van der Waals surface area contributed by atoms with Gasteiger partial charge in [-0.1, -0.05) is 12.1 Å². The molecule has 0 N–H and O–H groups in total. The lowest BCUT2D eigenvalue weighted by Gasteiger charge is -2.36. The lowest BCUT2D eigenvalue weighted by atomic mass is 10.1. The Morgan fingerprint density at radius 3 is 2.52 bits per heavy atom. The fourth-order valence-electron chi connectivity index (χ4n) is 3.72. The highest BCUT2D eigenvalue weighted by Crippen LogP contribution is 2.32. The molecule has 0 aliphatic carbocycles. The van der Waals surface area contributed by atoms with E-state index in [1.807, 2.05) is 4.90 Å². The highest BCUT2D eigenvalue weighted by molar-refractivity contribution is 5.98. The third-order valence-electron chi connectivity index (χ3n) is 5.16. The molecule has 1 aliphatic rings. The molecule has 160 valence electrons. The van der Waals surface area contributed by atoms with Crippen LogP contribution in [-0.4, -0.2) is 53.5 Å². The molecule has 0 saturated carbocycles. The lowest BCUT2D eigenvalue weighted by molar-refractivity contribution is -0.383. The first kappa shape index (κ1) is 20.5. The number of aromatic nitrogens is 1. The van der Waals surface area contributed by atoms with Crippen molar-refractivity contribution in [1.82, 2.24) is 9.88 Å². The SMILES string of the molecule is O=C(c1ccccc1OC(F)F)N1CCN(c2ccc([N+](=O)[O-])c3cccnc23)CC1. The van der Waals surface area contributed by atoms with Gasteiger partial charge in [-0.05, 0) is 30.3 Å². The van der Waals surface area contributed by atoms with Gasteiger partial charge in [0.15, 0.2) is 0 Å². The molecular formula is C21H18F2N4O4. The number of anilines is 1. The van der Waals surface area contributed by atoms with E-state index in [0.29, 0.717) is 37.1 Å². The van der Waals surface area contributed by atoms with Crippen LogP contribution in [0.2, 0.25) is 0 Å². The summed E-state index contributed by atoms with van der Waals surface area (Å²) in [7, 11) is 0. The topological polar surface area (TPSA) is 88.8 Å². The van der Waals surface area contributed by atoms with Gasteiger partial charge in [0.25, 0.3) is 11.6 Å². The molecule has 1 fully saturated rings. The molecule has 0 bridgehead atoms. The van der Waals surface area contributed by atoms with E-state index in [9.17, 15) is 23.7 Å². The number of ether oxygens (including phenoxy) is 1. The predicted octanol–water partition coefficient (Wildman–Crippen LogP) is 3.71. The first-order valence-corrected chi connectivity index (χ1v) is 9.56. The number of pyridine rings is 1. The van der Waals surface area contributed by atoms with Crippen molar-refractivity contribution in [3.63, 3.8) is 0 Å². The number of non-ortho nitro benzene ring substituents is 1.